The van der Waals surface area contributed by atoms with E-state index in [0.29, 0.717) is 18.2 Å². The van der Waals surface area contributed by atoms with Gasteiger partial charge in [-0.3, -0.25) is 9.58 Å². The molecule has 1 aromatic rings. The Morgan fingerprint density at radius 1 is 1.45 bits per heavy atom. The zero-order chi connectivity index (χ0) is 14.7. The Labute approximate surface area is 120 Å². The number of hydrogen-bond acceptors (Lipinski definition) is 4. The maximum Gasteiger partial charge on any atom is 0.339 e. The second-order valence-electron chi connectivity index (χ2n) is 5.58. The van der Waals surface area contributed by atoms with E-state index < -0.39 is 5.97 Å². The second-order valence-corrected chi connectivity index (χ2v) is 5.58. The van der Waals surface area contributed by atoms with E-state index in [0.717, 1.165) is 38.2 Å². The monoisotopic (exact) mass is 280 g/mol. The third-order valence-corrected chi connectivity index (χ3v) is 4.14. The van der Waals surface area contributed by atoms with Gasteiger partial charge in [-0.1, -0.05) is 6.92 Å². The SMILES string of the molecule is CCC1CN(C)CCCN1Cc1c(C(=O)O)cnn1C. The van der Waals surface area contributed by atoms with Crippen molar-refractivity contribution in [3.63, 3.8) is 0 Å². The fraction of sp³-hybridized carbons (Fsp3) is 0.714. The van der Waals surface area contributed by atoms with Crippen LogP contribution >= 0.6 is 0 Å². The summed E-state index contributed by atoms with van der Waals surface area (Å²) in [4.78, 5) is 16.0. The van der Waals surface area contributed by atoms with Gasteiger partial charge >= 0.3 is 5.97 Å². The van der Waals surface area contributed by atoms with Crippen molar-refractivity contribution in [1.29, 1.82) is 0 Å². The van der Waals surface area contributed by atoms with Crippen molar-refractivity contribution < 1.29 is 9.90 Å². The van der Waals surface area contributed by atoms with Gasteiger partial charge in [-0.15, -0.1) is 0 Å². The van der Waals surface area contributed by atoms with Crippen LogP contribution in [-0.4, -0.2) is 63.4 Å². The zero-order valence-corrected chi connectivity index (χ0v) is 12.5. The Hall–Kier alpha value is -1.40. The maximum atomic E-state index is 11.3. The molecule has 1 fully saturated rings. The van der Waals surface area contributed by atoms with Crippen molar-refractivity contribution >= 4 is 5.97 Å². The largest absolute Gasteiger partial charge is 0.478 e. The highest BCUT2D eigenvalue weighted by molar-refractivity contribution is 5.88. The van der Waals surface area contributed by atoms with E-state index >= 15 is 0 Å². The van der Waals surface area contributed by atoms with Crippen LogP contribution in [0.3, 0.4) is 0 Å². The van der Waals surface area contributed by atoms with Crippen molar-refractivity contribution in [2.45, 2.75) is 32.4 Å². The van der Waals surface area contributed by atoms with Crippen LogP contribution in [0.5, 0.6) is 0 Å². The first kappa shape index (κ1) is 15.0. The molecular weight excluding hydrogens is 256 g/mol. The van der Waals surface area contributed by atoms with Crippen LogP contribution in [0.15, 0.2) is 6.20 Å². The Kier molecular flexibility index (Phi) is 4.77. The van der Waals surface area contributed by atoms with Crippen LogP contribution in [0.25, 0.3) is 0 Å². The number of aromatic nitrogens is 2. The molecule has 2 rings (SSSR count). The minimum atomic E-state index is -0.895. The van der Waals surface area contributed by atoms with Crippen molar-refractivity contribution in [2.24, 2.45) is 7.05 Å². The molecule has 0 amide bonds. The summed E-state index contributed by atoms with van der Waals surface area (Å²) in [6.45, 7) is 6.00. The molecular formula is C14H24N4O2. The fourth-order valence-electron chi connectivity index (χ4n) is 2.91. The smallest absolute Gasteiger partial charge is 0.339 e. The minimum Gasteiger partial charge on any atom is -0.478 e. The molecule has 1 aliphatic rings. The first-order valence-corrected chi connectivity index (χ1v) is 7.19. The van der Waals surface area contributed by atoms with Gasteiger partial charge in [0.25, 0.3) is 0 Å². The molecule has 0 aromatic carbocycles. The lowest BCUT2D eigenvalue weighted by Crippen LogP contribution is -2.39. The number of rotatable bonds is 4. The summed E-state index contributed by atoms with van der Waals surface area (Å²) in [7, 11) is 3.96. The molecule has 1 aliphatic heterocycles. The van der Waals surface area contributed by atoms with Gasteiger partial charge in [0.15, 0.2) is 0 Å². The average molecular weight is 280 g/mol. The molecule has 112 valence electrons. The van der Waals surface area contributed by atoms with E-state index in [1.165, 1.54) is 6.20 Å². The van der Waals surface area contributed by atoms with Gasteiger partial charge in [-0.25, -0.2) is 4.79 Å². The predicted octanol–water partition coefficient (Wildman–Crippen LogP) is 1.03. The molecule has 0 spiro atoms. The number of likely N-dealkylation sites (N-methyl/N-ethyl adjacent to an activating group) is 1. The van der Waals surface area contributed by atoms with E-state index in [1.54, 1.807) is 4.68 Å². The molecule has 6 nitrogen and oxygen atoms in total. The number of carbonyl (C=O) groups is 1. The van der Waals surface area contributed by atoms with Gasteiger partial charge in [-0.05, 0) is 26.4 Å². The zero-order valence-electron chi connectivity index (χ0n) is 12.5. The van der Waals surface area contributed by atoms with Crippen LogP contribution in [0, 0.1) is 0 Å². The Morgan fingerprint density at radius 3 is 2.85 bits per heavy atom. The van der Waals surface area contributed by atoms with Gasteiger partial charge in [0.05, 0.1) is 11.9 Å². The number of aryl methyl sites for hydroxylation is 1. The van der Waals surface area contributed by atoms with Crippen molar-refractivity contribution in [1.82, 2.24) is 19.6 Å². The second kappa shape index (κ2) is 6.37. The fourth-order valence-corrected chi connectivity index (χ4v) is 2.91. The van der Waals surface area contributed by atoms with Crippen LogP contribution in [0.2, 0.25) is 0 Å². The van der Waals surface area contributed by atoms with Gasteiger partial charge in [0, 0.05) is 32.7 Å². The van der Waals surface area contributed by atoms with Crippen molar-refractivity contribution in [3.05, 3.63) is 17.5 Å². The lowest BCUT2D eigenvalue weighted by atomic mass is 10.1. The number of nitrogens with zero attached hydrogens (tertiary/aromatic N) is 4. The van der Waals surface area contributed by atoms with Crippen LogP contribution < -0.4 is 0 Å². The van der Waals surface area contributed by atoms with Crippen molar-refractivity contribution in [2.75, 3.05) is 26.7 Å². The Balaban J connectivity index is 2.19. The standard InChI is InChI=1S/C14H24N4O2/c1-4-11-9-16(2)6-5-7-18(11)10-13-12(14(19)20)8-15-17(13)3/h8,11H,4-7,9-10H2,1-3H3,(H,19,20). The molecule has 2 heterocycles. The van der Waals surface area contributed by atoms with E-state index in [9.17, 15) is 9.90 Å². The van der Waals surface area contributed by atoms with E-state index in [2.05, 4.69) is 28.9 Å². The molecule has 0 aliphatic carbocycles. The van der Waals surface area contributed by atoms with Gasteiger partial charge in [-0.2, -0.15) is 5.10 Å². The molecule has 1 aromatic heterocycles. The Bertz CT molecular complexity index is 472. The molecule has 1 atom stereocenters. The number of carboxylic acids is 1. The maximum absolute atomic E-state index is 11.3. The van der Waals surface area contributed by atoms with E-state index in [-0.39, 0.29) is 0 Å². The summed E-state index contributed by atoms with van der Waals surface area (Å²) in [5.41, 5.74) is 1.11. The summed E-state index contributed by atoms with van der Waals surface area (Å²) in [6, 6.07) is 0.471. The third-order valence-electron chi connectivity index (χ3n) is 4.14. The highest BCUT2D eigenvalue weighted by Gasteiger charge is 2.25. The highest BCUT2D eigenvalue weighted by Crippen LogP contribution is 2.18. The molecule has 20 heavy (non-hydrogen) atoms. The third kappa shape index (κ3) is 3.19. The molecule has 1 unspecified atom stereocenters. The normalized spacial score (nSPS) is 21.9. The molecule has 0 bridgehead atoms. The summed E-state index contributed by atoms with van der Waals surface area (Å²) in [6.07, 6.45) is 3.64. The number of aromatic carboxylic acids is 1. The quantitative estimate of drug-likeness (QED) is 0.892. The summed E-state index contributed by atoms with van der Waals surface area (Å²) in [5.74, 6) is -0.895. The van der Waals surface area contributed by atoms with Crippen LogP contribution in [-0.2, 0) is 13.6 Å². The Morgan fingerprint density at radius 2 is 2.20 bits per heavy atom. The lowest BCUT2D eigenvalue weighted by molar-refractivity contribution is 0.0693. The topological polar surface area (TPSA) is 61.6 Å². The summed E-state index contributed by atoms with van der Waals surface area (Å²) in [5, 5.41) is 13.3. The first-order chi connectivity index (χ1) is 9.52. The van der Waals surface area contributed by atoms with Crippen molar-refractivity contribution in [3.8, 4) is 0 Å². The van der Waals surface area contributed by atoms with E-state index in [4.69, 9.17) is 0 Å². The van der Waals surface area contributed by atoms with Crippen LogP contribution in [0.1, 0.15) is 35.8 Å². The first-order valence-electron chi connectivity index (χ1n) is 7.19. The molecule has 0 saturated carbocycles. The molecule has 1 N–H and O–H groups in total. The number of hydrogen-bond donors (Lipinski definition) is 1. The summed E-state index contributed by atoms with van der Waals surface area (Å²) >= 11 is 0. The lowest BCUT2D eigenvalue weighted by Gasteiger charge is -2.30. The predicted molar refractivity (Wildman–Crippen MR) is 76.8 cm³/mol. The molecule has 6 heteroatoms. The minimum absolute atomic E-state index is 0.319. The van der Waals surface area contributed by atoms with Gasteiger partial charge in [0.2, 0.25) is 0 Å². The number of carboxylic acid groups (broad SMARTS) is 1. The van der Waals surface area contributed by atoms with Gasteiger partial charge in [0.1, 0.15) is 5.56 Å². The van der Waals surface area contributed by atoms with Crippen LogP contribution in [0.4, 0.5) is 0 Å². The average Bonchev–Trinajstić information content (AvgIpc) is 2.66. The van der Waals surface area contributed by atoms with Gasteiger partial charge < -0.3 is 10.0 Å². The molecule has 0 radical (unpaired) electrons. The summed E-state index contributed by atoms with van der Waals surface area (Å²) < 4.78 is 1.69. The van der Waals surface area contributed by atoms with E-state index in [1.807, 2.05) is 7.05 Å². The molecule has 1 saturated heterocycles. The highest BCUT2D eigenvalue weighted by atomic mass is 16.4.